The molecule has 2 heterocycles. The van der Waals surface area contributed by atoms with E-state index in [0.717, 1.165) is 11.3 Å². The lowest BCUT2D eigenvalue weighted by molar-refractivity contribution is -0.136. The number of carbonyl (C=O) groups excluding carboxylic acids is 1. The fraction of sp³-hybridized carbons (Fsp3) is 0.240. The van der Waals surface area contributed by atoms with Gasteiger partial charge < -0.3 is 24.4 Å². The second-order valence-electron chi connectivity index (χ2n) is 7.61. The van der Waals surface area contributed by atoms with Gasteiger partial charge in [-0.2, -0.15) is 0 Å². The van der Waals surface area contributed by atoms with Crippen LogP contribution >= 0.6 is 33.9 Å². The zero-order chi connectivity index (χ0) is 26.0. The van der Waals surface area contributed by atoms with E-state index in [1.54, 1.807) is 24.3 Å². The normalized spacial score (nSPS) is 15.1. The summed E-state index contributed by atoms with van der Waals surface area (Å²) >= 11 is 3.06. The first kappa shape index (κ1) is 25.8. The number of benzene rings is 2. The van der Waals surface area contributed by atoms with E-state index < -0.39 is 17.6 Å². The molecule has 36 heavy (non-hydrogen) atoms. The fourth-order valence-electron chi connectivity index (χ4n) is 3.81. The molecule has 0 bridgehead atoms. The minimum absolute atomic E-state index is 0.0602. The molecule has 9 nitrogen and oxygen atoms in total. The maximum absolute atomic E-state index is 13.6. The summed E-state index contributed by atoms with van der Waals surface area (Å²) < 4.78 is 18.6. The number of methoxy groups -OCH3 is 1. The number of halogens is 1. The third kappa shape index (κ3) is 4.85. The van der Waals surface area contributed by atoms with Crippen LogP contribution in [0.3, 0.4) is 0 Å². The SMILES string of the molecule is CCOc1ccc([C@@H]2C(C(=O)OC)=CN=c3s/c(=C\c4cc(I)c(O)cc4O)c(=O)n32)cc1OCC. The molecule has 2 N–H and O–H groups in total. The summed E-state index contributed by atoms with van der Waals surface area (Å²) in [6.07, 6.45) is 2.94. The highest BCUT2D eigenvalue weighted by molar-refractivity contribution is 14.1. The van der Waals surface area contributed by atoms with E-state index in [2.05, 4.69) is 4.99 Å². The Morgan fingerprint density at radius 3 is 2.56 bits per heavy atom. The van der Waals surface area contributed by atoms with Crippen molar-refractivity contribution in [3.63, 3.8) is 0 Å². The van der Waals surface area contributed by atoms with E-state index in [9.17, 15) is 19.8 Å². The van der Waals surface area contributed by atoms with Gasteiger partial charge in [0.15, 0.2) is 16.3 Å². The Kier molecular flexibility index (Phi) is 7.69. The molecular formula is C25H23IN2O7S. The van der Waals surface area contributed by atoms with Gasteiger partial charge in [0.1, 0.15) is 11.5 Å². The quantitative estimate of drug-likeness (QED) is 0.307. The van der Waals surface area contributed by atoms with E-state index in [0.29, 0.717) is 48.7 Å². The molecule has 11 heteroatoms. The number of hydrogen-bond acceptors (Lipinski definition) is 9. The van der Waals surface area contributed by atoms with Crippen molar-refractivity contribution in [3.8, 4) is 23.0 Å². The van der Waals surface area contributed by atoms with Crippen molar-refractivity contribution in [3.05, 3.63) is 76.5 Å². The average molecular weight is 622 g/mol. The predicted octanol–water partition coefficient (Wildman–Crippen LogP) is 2.83. The van der Waals surface area contributed by atoms with Crippen LogP contribution in [0.1, 0.15) is 31.0 Å². The lowest BCUT2D eigenvalue weighted by Gasteiger charge is -2.23. The van der Waals surface area contributed by atoms with Gasteiger partial charge in [0.25, 0.3) is 5.56 Å². The van der Waals surface area contributed by atoms with Gasteiger partial charge in [0.2, 0.25) is 0 Å². The topological polar surface area (TPSA) is 120 Å². The standard InChI is InChI=1S/C25H23IN2O7S/c1-4-34-19-7-6-13(9-20(19)35-5-2)22-15(24(32)33-3)12-27-25-28(22)23(31)21(36-25)10-14-8-16(26)18(30)11-17(14)29/h6-12,22,29-30H,4-5H2,1-3H3/b21-10-/t22-/m1/s1. The van der Waals surface area contributed by atoms with Gasteiger partial charge in [0, 0.05) is 17.8 Å². The molecule has 1 atom stereocenters. The maximum atomic E-state index is 13.6. The van der Waals surface area contributed by atoms with Crippen molar-refractivity contribution >= 4 is 46.0 Å². The molecule has 3 aromatic rings. The Labute approximate surface area is 223 Å². The van der Waals surface area contributed by atoms with Gasteiger partial charge >= 0.3 is 5.97 Å². The number of nitrogens with zero attached hydrogens (tertiary/aromatic N) is 2. The second-order valence-corrected chi connectivity index (χ2v) is 9.78. The summed E-state index contributed by atoms with van der Waals surface area (Å²) in [6.45, 7) is 4.57. The summed E-state index contributed by atoms with van der Waals surface area (Å²) in [5.41, 5.74) is 0.770. The van der Waals surface area contributed by atoms with Crippen molar-refractivity contribution in [2.75, 3.05) is 20.3 Å². The average Bonchev–Trinajstić information content (AvgIpc) is 3.18. The molecule has 0 fully saturated rings. The monoisotopic (exact) mass is 622 g/mol. The van der Waals surface area contributed by atoms with E-state index in [-0.39, 0.29) is 17.1 Å². The van der Waals surface area contributed by atoms with Crippen molar-refractivity contribution in [2.24, 2.45) is 4.99 Å². The number of aromatic hydroxyl groups is 2. The van der Waals surface area contributed by atoms with Crippen LogP contribution < -0.4 is 24.4 Å². The molecule has 2 aromatic carbocycles. The van der Waals surface area contributed by atoms with Gasteiger partial charge in [-0.1, -0.05) is 17.4 Å². The van der Waals surface area contributed by atoms with E-state index in [1.165, 1.54) is 30.0 Å². The van der Waals surface area contributed by atoms with Gasteiger partial charge in [0.05, 0.1) is 40.0 Å². The smallest absolute Gasteiger partial charge is 0.337 e. The van der Waals surface area contributed by atoms with Crippen LogP contribution in [0, 0.1) is 3.57 Å². The van der Waals surface area contributed by atoms with Crippen LogP contribution in [0.15, 0.2) is 51.9 Å². The molecule has 1 aromatic heterocycles. The molecule has 0 saturated carbocycles. The minimum atomic E-state index is -0.820. The number of phenols is 2. The Bertz CT molecular complexity index is 1540. The van der Waals surface area contributed by atoms with Crippen LogP contribution in [0.25, 0.3) is 6.08 Å². The molecule has 0 spiro atoms. The van der Waals surface area contributed by atoms with Crippen molar-refractivity contribution in [1.29, 1.82) is 0 Å². The summed E-state index contributed by atoms with van der Waals surface area (Å²) in [5, 5.41) is 20.1. The maximum Gasteiger partial charge on any atom is 0.337 e. The molecule has 0 radical (unpaired) electrons. The molecule has 188 valence electrons. The molecule has 0 amide bonds. The lowest BCUT2D eigenvalue weighted by atomic mass is 9.97. The highest BCUT2D eigenvalue weighted by Crippen LogP contribution is 2.35. The van der Waals surface area contributed by atoms with Crippen LogP contribution in [-0.4, -0.2) is 41.1 Å². The van der Waals surface area contributed by atoms with Gasteiger partial charge in [-0.25, -0.2) is 9.79 Å². The molecule has 1 aliphatic rings. The molecule has 0 aliphatic carbocycles. The third-order valence-corrected chi connectivity index (χ3v) is 7.25. The summed E-state index contributed by atoms with van der Waals surface area (Å²) in [6, 6.07) is 7.22. The Morgan fingerprint density at radius 1 is 1.14 bits per heavy atom. The van der Waals surface area contributed by atoms with Gasteiger partial charge in [-0.3, -0.25) is 9.36 Å². The lowest BCUT2D eigenvalue weighted by Crippen LogP contribution is -2.39. The minimum Gasteiger partial charge on any atom is -0.507 e. The number of esters is 1. The number of phenolic OH excluding ortho intramolecular Hbond substituents is 2. The van der Waals surface area contributed by atoms with Crippen LogP contribution in [-0.2, 0) is 9.53 Å². The van der Waals surface area contributed by atoms with Crippen molar-refractivity contribution in [1.82, 2.24) is 4.57 Å². The summed E-state index contributed by atoms with van der Waals surface area (Å²) in [4.78, 5) is 31.0. The molecule has 0 saturated heterocycles. The van der Waals surface area contributed by atoms with E-state index in [4.69, 9.17) is 14.2 Å². The molecule has 1 aliphatic heterocycles. The predicted molar refractivity (Wildman–Crippen MR) is 142 cm³/mol. The number of carbonyl (C=O) groups is 1. The van der Waals surface area contributed by atoms with Crippen molar-refractivity contribution < 1.29 is 29.2 Å². The summed E-state index contributed by atoms with van der Waals surface area (Å²) in [7, 11) is 1.27. The first-order valence-corrected chi connectivity index (χ1v) is 12.9. The zero-order valence-electron chi connectivity index (χ0n) is 19.6. The van der Waals surface area contributed by atoms with Crippen molar-refractivity contribution in [2.45, 2.75) is 19.9 Å². The van der Waals surface area contributed by atoms with Crippen LogP contribution in [0.2, 0.25) is 0 Å². The first-order valence-electron chi connectivity index (χ1n) is 11.0. The summed E-state index contributed by atoms with van der Waals surface area (Å²) in [5.74, 6) is 0.198. The Morgan fingerprint density at radius 2 is 1.86 bits per heavy atom. The number of ether oxygens (including phenoxy) is 3. The van der Waals surface area contributed by atoms with Gasteiger partial charge in [-0.15, -0.1) is 0 Å². The zero-order valence-corrected chi connectivity index (χ0v) is 22.6. The van der Waals surface area contributed by atoms with E-state index in [1.807, 2.05) is 36.4 Å². The fourth-order valence-corrected chi connectivity index (χ4v) is 5.26. The molecule has 0 unspecified atom stereocenters. The Hall–Kier alpha value is -3.32. The van der Waals surface area contributed by atoms with Crippen LogP contribution in [0.5, 0.6) is 23.0 Å². The third-order valence-electron chi connectivity index (χ3n) is 5.39. The van der Waals surface area contributed by atoms with Crippen LogP contribution in [0.4, 0.5) is 0 Å². The van der Waals surface area contributed by atoms with Gasteiger partial charge in [-0.05, 0) is 66.3 Å². The number of rotatable bonds is 7. The van der Waals surface area contributed by atoms with E-state index >= 15 is 0 Å². The number of fused-ring (bicyclic) bond motifs is 1. The molecule has 4 rings (SSSR count). The highest BCUT2D eigenvalue weighted by Gasteiger charge is 2.31. The second kappa shape index (κ2) is 10.7. The largest absolute Gasteiger partial charge is 0.507 e. The first-order chi connectivity index (χ1) is 17.3. The number of hydrogen-bond donors (Lipinski definition) is 2. The highest BCUT2D eigenvalue weighted by atomic mass is 127. The Balaban J connectivity index is 1.92. The number of aromatic nitrogens is 1. The number of thiazole rings is 1. The molecular weight excluding hydrogens is 599 g/mol.